The summed E-state index contributed by atoms with van der Waals surface area (Å²) in [5, 5.41) is 41.1. The van der Waals surface area contributed by atoms with Gasteiger partial charge in [-0.1, -0.05) is 66.7 Å². The maximum Gasteiger partial charge on any atom is 0.278 e. The van der Waals surface area contributed by atoms with Gasteiger partial charge in [-0.05, 0) is 23.4 Å². The molecule has 3 aromatic rings. The maximum atomic E-state index is 12.3. The fourth-order valence-electron chi connectivity index (χ4n) is 3.42. The highest BCUT2D eigenvalue weighted by Crippen LogP contribution is 2.29. The second-order valence-electron chi connectivity index (χ2n) is 7.40. The van der Waals surface area contributed by atoms with Gasteiger partial charge in [0.2, 0.25) is 0 Å². The van der Waals surface area contributed by atoms with Crippen LogP contribution in [0.4, 0.5) is 0 Å². The first-order valence-electron chi connectivity index (χ1n) is 9.88. The van der Waals surface area contributed by atoms with Crippen LogP contribution in [-0.2, 0) is 11.2 Å². The van der Waals surface area contributed by atoms with Gasteiger partial charge in [0.1, 0.15) is 11.5 Å². The van der Waals surface area contributed by atoms with Gasteiger partial charge in [0, 0.05) is 24.6 Å². The summed E-state index contributed by atoms with van der Waals surface area (Å²) in [7, 11) is 0. The van der Waals surface area contributed by atoms with Gasteiger partial charge >= 0.3 is 0 Å². The predicted octanol–water partition coefficient (Wildman–Crippen LogP) is 2.77. The lowest BCUT2D eigenvalue weighted by Crippen LogP contribution is -2.41. The number of aliphatic hydroxyl groups is 4. The highest BCUT2D eigenvalue weighted by atomic mass is 16.7. The average Bonchev–Trinajstić information content (AvgIpc) is 2.72. The van der Waals surface area contributed by atoms with Crippen LogP contribution < -0.4 is 4.74 Å². The molecule has 0 bridgehead atoms. The van der Waals surface area contributed by atoms with E-state index in [9.17, 15) is 25.2 Å². The molecule has 2 atom stereocenters. The molecule has 0 aromatic heterocycles. The summed E-state index contributed by atoms with van der Waals surface area (Å²) in [5.41, 5.74) is 0.991. The molecule has 0 spiro atoms. The molecule has 6 heteroatoms. The van der Waals surface area contributed by atoms with Gasteiger partial charge in [-0.15, -0.1) is 0 Å². The van der Waals surface area contributed by atoms with Gasteiger partial charge in [-0.25, -0.2) is 0 Å². The predicted molar refractivity (Wildman–Crippen MR) is 112 cm³/mol. The van der Waals surface area contributed by atoms with Crippen molar-refractivity contribution in [2.75, 3.05) is 0 Å². The molecular weight excluding hydrogens is 384 g/mol. The van der Waals surface area contributed by atoms with Gasteiger partial charge in [-0.3, -0.25) is 4.79 Å². The number of Topliss-reactive ketones (excluding diaryl/α,β-unsaturated/α-hetero) is 1. The second-order valence-corrected chi connectivity index (χ2v) is 7.40. The standard InChI is InChI=1S/C24H26O6/c25-20(14-13-17-7-2-1-3-8-17)15-19(24(27,28)29)16-23(26)30-22-12-6-10-18-9-4-5-11-21(18)22/h1-12,19,23,26-29H,13-16H2. The zero-order chi connectivity index (χ0) is 21.6. The normalized spacial score (nSPS) is 13.7. The van der Waals surface area contributed by atoms with E-state index in [1.54, 1.807) is 12.1 Å². The van der Waals surface area contributed by atoms with Crippen molar-refractivity contribution in [1.29, 1.82) is 0 Å². The van der Waals surface area contributed by atoms with Crippen molar-refractivity contribution in [2.24, 2.45) is 5.92 Å². The minimum Gasteiger partial charge on any atom is -0.464 e. The topological polar surface area (TPSA) is 107 Å². The molecule has 0 aliphatic rings. The molecule has 0 radical (unpaired) electrons. The molecule has 0 amide bonds. The highest BCUT2D eigenvalue weighted by molar-refractivity contribution is 5.88. The first-order valence-corrected chi connectivity index (χ1v) is 9.88. The molecule has 0 heterocycles. The summed E-state index contributed by atoms with van der Waals surface area (Å²) in [6.45, 7) is 0. The highest BCUT2D eigenvalue weighted by Gasteiger charge is 2.36. The molecule has 0 aliphatic heterocycles. The van der Waals surface area contributed by atoms with Crippen LogP contribution in [0, 0.1) is 5.92 Å². The number of aryl methyl sites for hydroxylation is 1. The van der Waals surface area contributed by atoms with Crippen LogP contribution in [0.3, 0.4) is 0 Å². The van der Waals surface area contributed by atoms with Crippen molar-refractivity contribution in [3.05, 3.63) is 78.4 Å². The number of rotatable bonds is 10. The Morgan fingerprint density at radius 1 is 0.900 bits per heavy atom. The molecule has 0 aliphatic carbocycles. The monoisotopic (exact) mass is 410 g/mol. The Hall–Kier alpha value is -2.77. The number of hydrogen-bond acceptors (Lipinski definition) is 6. The summed E-state index contributed by atoms with van der Waals surface area (Å²) >= 11 is 0. The number of benzene rings is 3. The van der Waals surface area contributed by atoms with Crippen LogP contribution >= 0.6 is 0 Å². The van der Waals surface area contributed by atoms with Crippen LogP contribution in [0.5, 0.6) is 5.75 Å². The third-order valence-electron chi connectivity index (χ3n) is 5.06. The summed E-state index contributed by atoms with van der Waals surface area (Å²) in [6, 6.07) is 22.3. The Balaban J connectivity index is 1.62. The Morgan fingerprint density at radius 2 is 1.57 bits per heavy atom. The first-order chi connectivity index (χ1) is 14.3. The number of hydrogen-bond donors (Lipinski definition) is 4. The van der Waals surface area contributed by atoms with Crippen molar-refractivity contribution in [3.8, 4) is 5.75 Å². The van der Waals surface area contributed by atoms with E-state index in [0.29, 0.717) is 12.2 Å². The summed E-state index contributed by atoms with van der Waals surface area (Å²) in [5.74, 6) is -4.23. The Kier molecular flexibility index (Phi) is 7.18. The van der Waals surface area contributed by atoms with Crippen molar-refractivity contribution in [1.82, 2.24) is 0 Å². The summed E-state index contributed by atoms with van der Waals surface area (Å²) in [4.78, 5) is 12.3. The maximum absolute atomic E-state index is 12.3. The molecule has 0 fully saturated rings. The van der Waals surface area contributed by atoms with Crippen LogP contribution in [0.15, 0.2) is 72.8 Å². The first kappa shape index (κ1) is 21.9. The summed E-state index contributed by atoms with van der Waals surface area (Å²) in [6.07, 6.45) is -1.36. The van der Waals surface area contributed by atoms with E-state index < -0.39 is 18.2 Å². The van der Waals surface area contributed by atoms with Crippen molar-refractivity contribution >= 4 is 16.6 Å². The molecule has 0 saturated heterocycles. The van der Waals surface area contributed by atoms with Gasteiger partial charge in [0.15, 0.2) is 6.29 Å². The number of aliphatic hydroxyl groups excluding tert-OH is 1. The Bertz CT molecular complexity index is 959. The van der Waals surface area contributed by atoms with Crippen molar-refractivity contribution in [3.63, 3.8) is 0 Å². The third kappa shape index (κ3) is 6.11. The van der Waals surface area contributed by atoms with Gasteiger partial charge in [0.05, 0.1) is 5.92 Å². The molecule has 158 valence electrons. The quantitative estimate of drug-likeness (QED) is 0.383. The molecule has 3 aromatic carbocycles. The van der Waals surface area contributed by atoms with Gasteiger partial charge in [-0.2, -0.15) is 0 Å². The van der Waals surface area contributed by atoms with E-state index in [2.05, 4.69) is 0 Å². The Labute approximate surface area is 175 Å². The minimum atomic E-state index is -3.11. The van der Waals surface area contributed by atoms with E-state index >= 15 is 0 Å². The van der Waals surface area contributed by atoms with Crippen LogP contribution in [0.25, 0.3) is 10.8 Å². The Morgan fingerprint density at radius 3 is 2.30 bits per heavy atom. The fraction of sp³-hybridized carbons (Fsp3) is 0.292. The zero-order valence-corrected chi connectivity index (χ0v) is 16.5. The third-order valence-corrected chi connectivity index (χ3v) is 5.06. The molecular formula is C24H26O6. The van der Waals surface area contributed by atoms with E-state index in [0.717, 1.165) is 16.3 Å². The lowest BCUT2D eigenvalue weighted by Gasteiger charge is -2.27. The number of carbonyl (C=O) groups excluding carboxylic acids is 1. The smallest absolute Gasteiger partial charge is 0.278 e. The number of fused-ring (bicyclic) bond motifs is 1. The molecule has 0 saturated carbocycles. The number of ether oxygens (including phenoxy) is 1. The SMILES string of the molecule is O=C(CCc1ccccc1)CC(CC(O)Oc1cccc2ccccc12)C(O)(O)O. The van der Waals surface area contributed by atoms with E-state index in [1.165, 1.54) is 0 Å². The van der Waals surface area contributed by atoms with Crippen molar-refractivity contribution < 1.29 is 30.0 Å². The largest absolute Gasteiger partial charge is 0.464 e. The van der Waals surface area contributed by atoms with Gasteiger partial charge in [0.25, 0.3) is 5.97 Å². The van der Waals surface area contributed by atoms with E-state index in [4.69, 9.17) is 4.74 Å². The molecule has 3 rings (SSSR count). The number of ketones is 1. The minimum absolute atomic E-state index is 0.191. The van der Waals surface area contributed by atoms with Crippen LogP contribution in [0.1, 0.15) is 24.8 Å². The average molecular weight is 410 g/mol. The second kappa shape index (κ2) is 9.82. The van der Waals surface area contributed by atoms with E-state index in [-0.39, 0.29) is 25.0 Å². The molecule has 2 unspecified atom stereocenters. The molecule has 30 heavy (non-hydrogen) atoms. The van der Waals surface area contributed by atoms with Crippen LogP contribution in [0.2, 0.25) is 0 Å². The molecule has 4 N–H and O–H groups in total. The zero-order valence-electron chi connectivity index (χ0n) is 16.5. The summed E-state index contributed by atoms with van der Waals surface area (Å²) < 4.78 is 5.58. The van der Waals surface area contributed by atoms with Crippen LogP contribution in [-0.4, -0.2) is 38.5 Å². The number of carbonyl (C=O) groups is 1. The van der Waals surface area contributed by atoms with E-state index in [1.807, 2.05) is 60.7 Å². The van der Waals surface area contributed by atoms with Gasteiger partial charge < -0.3 is 25.2 Å². The lowest BCUT2D eigenvalue weighted by molar-refractivity contribution is -0.347. The lowest BCUT2D eigenvalue weighted by atomic mass is 9.93. The molecule has 6 nitrogen and oxygen atoms in total. The fourth-order valence-corrected chi connectivity index (χ4v) is 3.42. The van der Waals surface area contributed by atoms with Crippen molar-refractivity contribution in [2.45, 2.75) is 37.9 Å².